The molecule has 1 unspecified atom stereocenters. The Morgan fingerprint density at radius 1 is 1.44 bits per heavy atom. The van der Waals surface area contributed by atoms with Crippen LogP contribution in [0.1, 0.15) is 17.0 Å². The fraction of sp³-hybridized carbons (Fsp3) is 0.417. The Hall–Kier alpha value is -1.20. The molecule has 0 aromatic heterocycles. The van der Waals surface area contributed by atoms with Crippen molar-refractivity contribution in [2.75, 3.05) is 13.1 Å². The Morgan fingerprint density at radius 3 is 2.72 bits per heavy atom. The quantitative estimate of drug-likeness (QED) is 0.875. The van der Waals surface area contributed by atoms with E-state index >= 15 is 0 Å². The molecule has 3 N–H and O–H groups in total. The van der Waals surface area contributed by atoms with Gasteiger partial charge in [-0.1, -0.05) is 24.3 Å². The molecule has 1 aliphatic rings. The summed E-state index contributed by atoms with van der Waals surface area (Å²) in [6, 6.07) is 7.53. The monoisotopic (exact) mass is 276 g/mol. The summed E-state index contributed by atoms with van der Waals surface area (Å²) in [6.45, 7) is -1.45. The minimum Gasteiger partial charge on any atom is -0.349 e. The summed E-state index contributed by atoms with van der Waals surface area (Å²) in [5.41, 5.74) is 6.93. The summed E-state index contributed by atoms with van der Waals surface area (Å²) < 4.78 is 25.7. The average Bonchev–Trinajstić information content (AvgIpc) is 2.28. The van der Waals surface area contributed by atoms with Gasteiger partial charge in [0.1, 0.15) is 0 Å². The lowest BCUT2D eigenvalue weighted by atomic mass is 9.77. The molecule has 6 heteroatoms. The van der Waals surface area contributed by atoms with Gasteiger partial charge in [-0.3, -0.25) is 4.79 Å². The smallest absolute Gasteiger partial charge is 0.277 e. The number of halogens is 3. The van der Waals surface area contributed by atoms with Crippen LogP contribution in [0.2, 0.25) is 0 Å². The molecule has 1 atom stereocenters. The van der Waals surface area contributed by atoms with Gasteiger partial charge in [-0.2, -0.15) is 0 Å². The molecule has 2 rings (SSSR count). The van der Waals surface area contributed by atoms with Crippen molar-refractivity contribution in [2.24, 2.45) is 5.73 Å². The van der Waals surface area contributed by atoms with Crippen LogP contribution in [-0.4, -0.2) is 24.9 Å². The zero-order chi connectivity index (χ0) is 12.5. The molecule has 3 nitrogen and oxygen atoms in total. The fourth-order valence-corrected chi connectivity index (χ4v) is 1.90. The van der Waals surface area contributed by atoms with Crippen LogP contribution in [0.3, 0.4) is 0 Å². The van der Waals surface area contributed by atoms with Gasteiger partial charge in [0.05, 0.1) is 19.0 Å². The first-order chi connectivity index (χ1) is 8.03. The van der Waals surface area contributed by atoms with Crippen LogP contribution in [0.15, 0.2) is 24.3 Å². The molecule has 1 aromatic carbocycles. The number of amides is 1. The number of hydrogen-bond acceptors (Lipinski definition) is 2. The summed E-state index contributed by atoms with van der Waals surface area (Å²) in [5, 5.41) is 2.25. The molecule has 1 aromatic rings. The van der Waals surface area contributed by atoms with Crippen LogP contribution in [0.4, 0.5) is 8.78 Å². The first kappa shape index (κ1) is 14.9. The van der Waals surface area contributed by atoms with Crippen LogP contribution < -0.4 is 11.1 Å². The maximum atomic E-state index is 12.9. The Labute approximate surface area is 110 Å². The molecule has 0 fully saturated rings. The van der Waals surface area contributed by atoms with Gasteiger partial charge >= 0.3 is 0 Å². The van der Waals surface area contributed by atoms with E-state index in [-0.39, 0.29) is 24.2 Å². The van der Waals surface area contributed by atoms with Crippen molar-refractivity contribution in [3.05, 3.63) is 35.4 Å². The average molecular weight is 277 g/mol. The number of nitrogens with one attached hydrogen (secondary N) is 1. The summed E-state index contributed by atoms with van der Waals surface area (Å²) in [5.74, 6) is -3.67. The molecule has 0 spiro atoms. The third-order valence-corrected chi connectivity index (χ3v) is 2.99. The Balaban J connectivity index is 0.00000162. The minimum atomic E-state index is -3.03. The topological polar surface area (TPSA) is 55.1 Å². The van der Waals surface area contributed by atoms with Crippen LogP contribution in [0.5, 0.6) is 0 Å². The number of fused-ring (bicyclic) bond motifs is 1. The highest BCUT2D eigenvalue weighted by Gasteiger charge is 2.34. The number of carbonyl (C=O) groups excluding carboxylic acids is 1. The van der Waals surface area contributed by atoms with Crippen molar-refractivity contribution in [3.8, 4) is 0 Å². The van der Waals surface area contributed by atoms with E-state index in [1.54, 1.807) is 0 Å². The Bertz CT molecular complexity index is 440. The largest absolute Gasteiger partial charge is 0.349 e. The third kappa shape index (κ3) is 2.97. The standard InChI is InChI=1S/C12H14F2N2O.ClH/c13-12(14,6-15)7-16-11(17)10-5-8-3-1-2-4-9(8)10;/h1-4,10H,5-7,15H2,(H,16,17);1H. The van der Waals surface area contributed by atoms with E-state index < -0.39 is 19.0 Å². The first-order valence-electron chi connectivity index (χ1n) is 5.47. The Morgan fingerprint density at radius 2 is 2.11 bits per heavy atom. The van der Waals surface area contributed by atoms with Crippen molar-refractivity contribution >= 4 is 18.3 Å². The molecular weight excluding hydrogens is 262 g/mol. The van der Waals surface area contributed by atoms with E-state index in [1.165, 1.54) is 0 Å². The SMILES string of the molecule is Cl.NCC(F)(F)CNC(=O)C1Cc2ccccc21. The maximum absolute atomic E-state index is 12.9. The van der Waals surface area contributed by atoms with E-state index in [2.05, 4.69) is 5.32 Å². The van der Waals surface area contributed by atoms with Gasteiger partial charge in [-0.05, 0) is 17.5 Å². The summed E-state index contributed by atoms with van der Waals surface area (Å²) in [7, 11) is 0. The first-order valence-corrected chi connectivity index (χ1v) is 5.47. The van der Waals surface area contributed by atoms with E-state index in [4.69, 9.17) is 5.73 Å². The normalized spacial score (nSPS) is 17.2. The molecular formula is C12H15ClF2N2O. The van der Waals surface area contributed by atoms with Gasteiger partial charge in [0.2, 0.25) is 5.91 Å². The lowest BCUT2D eigenvalue weighted by Gasteiger charge is -2.29. The van der Waals surface area contributed by atoms with Gasteiger partial charge < -0.3 is 11.1 Å². The number of alkyl halides is 2. The van der Waals surface area contributed by atoms with Crippen LogP contribution in [0, 0.1) is 0 Å². The second-order valence-electron chi connectivity index (χ2n) is 4.23. The van der Waals surface area contributed by atoms with E-state index in [0.717, 1.165) is 11.1 Å². The third-order valence-electron chi connectivity index (χ3n) is 2.99. The van der Waals surface area contributed by atoms with Gasteiger partial charge in [0, 0.05) is 0 Å². The zero-order valence-corrected chi connectivity index (χ0v) is 10.5. The van der Waals surface area contributed by atoms with Crippen molar-refractivity contribution in [1.29, 1.82) is 0 Å². The fourth-order valence-electron chi connectivity index (χ4n) is 1.90. The summed E-state index contributed by atoms with van der Waals surface area (Å²) in [4.78, 5) is 11.7. The van der Waals surface area contributed by atoms with Crippen molar-refractivity contribution in [3.63, 3.8) is 0 Å². The zero-order valence-electron chi connectivity index (χ0n) is 9.66. The molecule has 0 aliphatic heterocycles. The molecule has 0 saturated carbocycles. The highest BCUT2D eigenvalue weighted by molar-refractivity contribution is 5.86. The lowest BCUT2D eigenvalue weighted by molar-refractivity contribution is -0.124. The van der Waals surface area contributed by atoms with Crippen molar-refractivity contribution < 1.29 is 13.6 Å². The Kier molecular flexibility index (Phi) is 4.65. The minimum absolute atomic E-state index is 0. The van der Waals surface area contributed by atoms with Gasteiger partial charge in [-0.15, -0.1) is 12.4 Å². The number of hydrogen-bond donors (Lipinski definition) is 2. The van der Waals surface area contributed by atoms with Crippen molar-refractivity contribution in [2.45, 2.75) is 18.3 Å². The highest BCUT2D eigenvalue weighted by atomic mass is 35.5. The van der Waals surface area contributed by atoms with Crippen LogP contribution in [-0.2, 0) is 11.2 Å². The van der Waals surface area contributed by atoms with Crippen LogP contribution in [0.25, 0.3) is 0 Å². The molecule has 0 radical (unpaired) electrons. The lowest BCUT2D eigenvalue weighted by Crippen LogP contribution is -2.44. The van der Waals surface area contributed by atoms with Gasteiger partial charge in [0.15, 0.2) is 0 Å². The molecule has 0 bridgehead atoms. The highest BCUT2D eigenvalue weighted by Crippen LogP contribution is 2.34. The number of rotatable bonds is 4. The van der Waals surface area contributed by atoms with Crippen LogP contribution >= 0.6 is 12.4 Å². The number of nitrogens with two attached hydrogens (primary N) is 1. The molecule has 18 heavy (non-hydrogen) atoms. The number of benzene rings is 1. The molecule has 0 heterocycles. The van der Waals surface area contributed by atoms with E-state index in [0.29, 0.717) is 6.42 Å². The molecule has 0 saturated heterocycles. The summed E-state index contributed by atoms with van der Waals surface area (Å²) in [6.07, 6.45) is 0.621. The predicted octanol–water partition coefficient (Wildman–Crippen LogP) is 1.46. The molecule has 100 valence electrons. The van der Waals surface area contributed by atoms with Gasteiger partial charge in [-0.25, -0.2) is 8.78 Å². The maximum Gasteiger partial charge on any atom is 0.277 e. The second-order valence-corrected chi connectivity index (χ2v) is 4.23. The van der Waals surface area contributed by atoms with E-state index in [9.17, 15) is 13.6 Å². The van der Waals surface area contributed by atoms with E-state index in [1.807, 2.05) is 24.3 Å². The summed E-state index contributed by atoms with van der Waals surface area (Å²) >= 11 is 0. The number of carbonyl (C=O) groups is 1. The van der Waals surface area contributed by atoms with Crippen molar-refractivity contribution in [1.82, 2.24) is 5.32 Å². The molecule has 1 amide bonds. The predicted molar refractivity (Wildman–Crippen MR) is 67.1 cm³/mol. The van der Waals surface area contributed by atoms with Gasteiger partial charge in [0.25, 0.3) is 5.92 Å². The second kappa shape index (κ2) is 5.63. The molecule has 1 aliphatic carbocycles.